The van der Waals surface area contributed by atoms with E-state index in [1.807, 2.05) is 0 Å². The number of carbonyl (C=O) groups is 1. The largest absolute Gasteiger partial charge is 0.476 e. The van der Waals surface area contributed by atoms with Crippen LogP contribution in [0, 0.1) is 0 Å². The Balaban J connectivity index is 2.68. The number of aromatic carboxylic acids is 1. The minimum absolute atomic E-state index is 0.00153. The summed E-state index contributed by atoms with van der Waals surface area (Å²) in [5, 5.41) is 11.1. The van der Waals surface area contributed by atoms with E-state index in [2.05, 4.69) is 15.3 Å². The summed E-state index contributed by atoms with van der Waals surface area (Å²) in [4.78, 5) is 17.7. The van der Waals surface area contributed by atoms with Crippen LogP contribution in [0.2, 0.25) is 0 Å². The first-order valence-electron chi connectivity index (χ1n) is 4.66. The van der Waals surface area contributed by atoms with Gasteiger partial charge in [0.05, 0.1) is 18.8 Å². The summed E-state index contributed by atoms with van der Waals surface area (Å²) in [6.07, 6.45) is -3.14. The first-order chi connectivity index (χ1) is 7.78. The highest BCUT2D eigenvalue weighted by Crippen LogP contribution is 2.22. The number of carboxylic acid groups (broad SMARTS) is 1. The topological polar surface area (TPSA) is 75.1 Å². The number of hydrogen-bond acceptors (Lipinski definition) is 4. The fraction of sp³-hybridized carbons (Fsp3) is 0.444. The summed E-state index contributed by atoms with van der Waals surface area (Å²) in [7, 11) is 0. The summed E-state index contributed by atoms with van der Waals surface area (Å²) in [6.45, 7) is 1.32. The molecule has 0 aliphatic heterocycles. The molecular weight excluding hydrogens is 239 g/mol. The number of rotatable bonds is 4. The van der Waals surface area contributed by atoms with Gasteiger partial charge in [-0.2, -0.15) is 13.2 Å². The first-order valence-corrected chi connectivity index (χ1v) is 4.66. The van der Waals surface area contributed by atoms with Gasteiger partial charge in [0, 0.05) is 6.04 Å². The predicted octanol–water partition coefficient (Wildman–Crippen LogP) is 1.93. The van der Waals surface area contributed by atoms with E-state index in [9.17, 15) is 18.0 Å². The Hall–Kier alpha value is -1.86. The molecule has 0 spiro atoms. The zero-order valence-corrected chi connectivity index (χ0v) is 8.82. The van der Waals surface area contributed by atoms with Crippen LogP contribution >= 0.6 is 0 Å². The van der Waals surface area contributed by atoms with Crippen LogP contribution in [0.1, 0.15) is 23.8 Å². The van der Waals surface area contributed by atoms with Gasteiger partial charge in [0.25, 0.3) is 0 Å². The lowest BCUT2D eigenvalue weighted by atomic mass is 10.2. The Morgan fingerprint density at radius 2 is 2.18 bits per heavy atom. The van der Waals surface area contributed by atoms with Crippen LogP contribution < -0.4 is 5.32 Å². The highest BCUT2D eigenvalue weighted by atomic mass is 19.4. The lowest BCUT2D eigenvalue weighted by Crippen LogP contribution is -2.24. The average molecular weight is 249 g/mol. The first kappa shape index (κ1) is 13.2. The number of alkyl halides is 3. The molecule has 1 atom stereocenters. The highest BCUT2D eigenvalue weighted by Gasteiger charge is 2.30. The number of nitrogens with one attached hydrogen (secondary N) is 1. The normalized spacial score (nSPS) is 13.2. The van der Waals surface area contributed by atoms with E-state index in [0.29, 0.717) is 0 Å². The van der Waals surface area contributed by atoms with Gasteiger partial charge in [-0.25, -0.2) is 9.78 Å². The maximum atomic E-state index is 12.0. The van der Waals surface area contributed by atoms with E-state index in [4.69, 9.17) is 5.11 Å². The van der Waals surface area contributed by atoms with Gasteiger partial charge >= 0.3 is 12.1 Å². The molecule has 1 aromatic heterocycles. The van der Waals surface area contributed by atoms with Crippen molar-refractivity contribution in [3.8, 4) is 0 Å². The molecule has 17 heavy (non-hydrogen) atoms. The van der Waals surface area contributed by atoms with Gasteiger partial charge in [0.2, 0.25) is 0 Å². The van der Waals surface area contributed by atoms with E-state index < -0.39 is 24.6 Å². The molecular formula is C9H10F3N3O2. The lowest BCUT2D eigenvalue weighted by Gasteiger charge is -2.16. The van der Waals surface area contributed by atoms with Crippen LogP contribution in [0.25, 0.3) is 0 Å². The molecule has 0 bridgehead atoms. The van der Waals surface area contributed by atoms with Gasteiger partial charge in [-0.15, -0.1) is 0 Å². The number of nitrogens with zero attached hydrogens (tertiary/aromatic N) is 2. The van der Waals surface area contributed by atoms with Crippen LogP contribution in [0.3, 0.4) is 0 Å². The standard InChI is InChI=1S/C9H10F3N3O2/c1-5(2-9(10,11)12)14-7-4-13-3-6(15-7)8(16)17/h3-5H,2H2,1H3,(H,14,15)(H,16,17). The third-order valence-electron chi connectivity index (χ3n) is 1.79. The number of aromatic nitrogens is 2. The Morgan fingerprint density at radius 1 is 1.53 bits per heavy atom. The number of hydrogen-bond donors (Lipinski definition) is 2. The third kappa shape index (κ3) is 4.66. The molecule has 1 aromatic rings. The van der Waals surface area contributed by atoms with Gasteiger partial charge in [-0.1, -0.05) is 0 Å². The third-order valence-corrected chi connectivity index (χ3v) is 1.79. The maximum absolute atomic E-state index is 12.0. The fourth-order valence-corrected chi connectivity index (χ4v) is 1.19. The van der Waals surface area contributed by atoms with Crippen LogP contribution in [0.15, 0.2) is 12.4 Å². The summed E-state index contributed by atoms with van der Waals surface area (Å²) in [5.74, 6) is -1.29. The minimum atomic E-state index is -4.29. The molecule has 0 fully saturated rings. The lowest BCUT2D eigenvalue weighted by molar-refractivity contribution is -0.136. The fourth-order valence-electron chi connectivity index (χ4n) is 1.19. The van der Waals surface area contributed by atoms with Crippen molar-refractivity contribution in [3.05, 3.63) is 18.1 Å². The minimum Gasteiger partial charge on any atom is -0.476 e. The second-order valence-electron chi connectivity index (χ2n) is 3.46. The second kappa shape index (κ2) is 4.98. The van der Waals surface area contributed by atoms with Crippen molar-refractivity contribution < 1.29 is 23.1 Å². The molecule has 1 rings (SSSR count). The molecule has 8 heteroatoms. The molecule has 1 unspecified atom stereocenters. The van der Waals surface area contributed by atoms with Crippen molar-refractivity contribution in [1.29, 1.82) is 0 Å². The van der Waals surface area contributed by atoms with Crippen LogP contribution in [-0.2, 0) is 0 Å². The molecule has 1 heterocycles. The number of anilines is 1. The number of halogens is 3. The quantitative estimate of drug-likeness (QED) is 0.852. The number of carboxylic acids is 1. The highest BCUT2D eigenvalue weighted by molar-refractivity contribution is 5.85. The zero-order chi connectivity index (χ0) is 13.1. The molecule has 94 valence electrons. The zero-order valence-electron chi connectivity index (χ0n) is 8.82. The van der Waals surface area contributed by atoms with Crippen molar-refractivity contribution in [2.75, 3.05) is 5.32 Å². The van der Waals surface area contributed by atoms with Crippen molar-refractivity contribution >= 4 is 11.8 Å². The summed E-state index contributed by atoms with van der Waals surface area (Å²) >= 11 is 0. The van der Waals surface area contributed by atoms with Crippen LogP contribution in [0.5, 0.6) is 0 Å². The molecule has 0 saturated heterocycles. The van der Waals surface area contributed by atoms with Crippen LogP contribution in [-0.4, -0.2) is 33.3 Å². The van der Waals surface area contributed by atoms with Crippen LogP contribution in [0.4, 0.5) is 19.0 Å². The summed E-state index contributed by atoms with van der Waals surface area (Å²) in [6, 6.07) is -0.909. The SMILES string of the molecule is CC(CC(F)(F)F)Nc1cncc(C(=O)O)n1. The van der Waals surface area contributed by atoms with E-state index in [1.165, 1.54) is 13.1 Å². The monoisotopic (exact) mass is 249 g/mol. The van der Waals surface area contributed by atoms with Gasteiger partial charge in [0.1, 0.15) is 5.82 Å². The van der Waals surface area contributed by atoms with Gasteiger partial charge in [-0.05, 0) is 6.92 Å². The molecule has 0 aliphatic carbocycles. The molecule has 0 radical (unpaired) electrons. The van der Waals surface area contributed by atoms with E-state index >= 15 is 0 Å². The summed E-state index contributed by atoms with van der Waals surface area (Å²) < 4.78 is 36.1. The Kier molecular flexibility index (Phi) is 3.87. The Labute approximate surface area is 94.7 Å². The molecule has 0 saturated carbocycles. The van der Waals surface area contributed by atoms with Crippen molar-refractivity contribution in [1.82, 2.24) is 9.97 Å². The van der Waals surface area contributed by atoms with Crippen molar-refractivity contribution in [3.63, 3.8) is 0 Å². The molecule has 5 nitrogen and oxygen atoms in total. The van der Waals surface area contributed by atoms with Gasteiger partial charge in [0.15, 0.2) is 5.69 Å². The molecule has 2 N–H and O–H groups in total. The maximum Gasteiger partial charge on any atom is 0.391 e. The van der Waals surface area contributed by atoms with E-state index in [1.54, 1.807) is 0 Å². The Bertz CT molecular complexity index is 409. The van der Waals surface area contributed by atoms with Gasteiger partial charge < -0.3 is 10.4 Å². The molecule has 0 aliphatic rings. The average Bonchev–Trinajstić information content (AvgIpc) is 2.14. The van der Waals surface area contributed by atoms with Crippen molar-refractivity contribution in [2.45, 2.75) is 25.6 Å². The van der Waals surface area contributed by atoms with E-state index in [0.717, 1.165) is 6.20 Å². The molecule has 0 aromatic carbocycles. The Morgan fingerprint density at radius 3 is 2.71 bits per heavy atom. The molecule has 0 amide bonds. The smallest absolute Gasteiger partial charge is 0.391 e. The van der Waals surface area contributed by atoms with E-state index in [-0.39, 0.29) is 11.5 Å². The van der Waals surface area contributed by atoms with Gasteiger partial charge in [-0.3, -0.25) is 4.98 Å². The van der Waals surface area contributed by atoms with Crippen molar-refractivity contribution in [2.24, 2.45) is 0 Å². The second-order valence-corrected chi connectivity index (χ2v) is 3.46. The summed E-state index contributed by atoms with van der Waals surface area (Å²) in [5.41, 5.74) is -0.325. The predicted molar refractivity (Wildman–Crippen MR) is 52.7 cm³/mol.